The lowest BCUT2D eigenvalue weighted by molar-refractivity contribution is 0.0920. The fraction of sp³-hybridized carbons (Fsp3) is 0.500. The summed E-state index contributed by atoms with van der Waals surface area (Å²) < 4.78 is 11.2. The number of hydrogen-bond donors (Lipinski definition) is 1. The lowest BCUT2D eigenvalue weighted by Gasteiger charge is -2.26. The van der Waals surface area contributed by atoms with Crippen LogP contribution in [0.1, 0.15) is 10.4 Å². The quantitative estimate of drug-likeness (QED) is 0.823. The zero-order chi connectivity index (χ0) is 14.5. The van der Waals surface area contributed by atoms with Crippen molar-refractivity contribution in [2.24, 2.45) is 0 Å². The third-order valence-corrected chi connectivity index (χ3v) is 4.01. The highest BCUT2D eigenvalue weighted by atomic mass is 79.9. The molecule has 0 unspecified atom stereocenters. The normalized spacial score (nSPS) is 15.9. The zero-order valence-electron chi connectivity index (χ0n) is 11.7. The van der Waals surface area contributed by atoms with E-state index in [4.69, 9.17) is 9.47 Å². The molecular formula is C14H19BrN2O3. The first-order chi connectivity index (χ1) is 9.65. The molecule has 1 saturated heterocycles. The molecule has 1 aliphatic rings. The molecule has 0 amide bonds. The molecule has 0 aromatic heterocycles. The smallest absolute Gasteiger partial charge is 0.178 e. The number of nitrogens with zero attached hydrogens (tertiary/aromatic N) is 1. The number of rotatable bonds is 5. The Morgan fingerprint density at radius 3 is 2.45 bits per heavy atom. The number of nitrogens with one attached hydrogen (secondary N) is 1. The maximum absolute atomic E-state index is 12.4. The van der Waals surface area contributed by atoms with Crippen molar-refractivity contribution in [1.82, 2.24) is 10.2 Å². The Morgan fingerprint density at radius 2 is 1.85 bits per heavy atom. The van der Waals surface area contributed by atoms with Gasteiger partial charge in [-0.1, -0.05) is 0 Å². The predicted octanol–water partition coefficient (Wildman–Crippen LogP) is 1.55. The van der Waals surface area contributed by atoms with Crippen molar-refractivity contribution in [3.63, 3.8) is 0 Å². The van der Waals surface area contributed by atoms with Gasteiger partial charge in [-0.15, -0.1) is 0 Å². The largest absolute Gasteiger partial charge is 0.493 e. The molecular weight excluding hydrogens is 324 g/mol. The van der Waals surface area contributed by atoms with Crippen LogP contribution < -0.4 is 14.8 Å². The number of benzene rings is 1. The van der Waals surface area contributed by atoms with Crippen LogP contribution in [0.15, 0.2) is 16.6 Å². The second-order valence-electron chi connectivity index (χ2n) is 4.64. The summed E-state index contributed by atoms with van der Waals surface area (Å²) in [5.41, 5.74) is 0.626. The topological polar surface area (TPSA) is 50.8 Å². The summed E-state index contributed by atoms with van der Waals surface area (Å²) in [6.45, 7) is 4.09. The molecule has 0 atom stereocenters. The number of hydrogen-bond acceptors (Lipinski definition) is 5. The first-order valence-electron chi connectivity index (χ1n) is 6.53. The third-order valence-electron chi connectivity index (χ3n) is 3.35. The van der Waals surface area contributed by atoms with Crippen LogP contribution in [0.3, 0.4) is 0 Å². The van der Waals surface area contributed by atoms with Crippen molar-refractivity contribution < 1.29 is 14.3 Å². The molecule has 1 aromatic rings. The molecule has 0 saturated carbocycles. The van der Waals surface area contributed by atoms with Gasteiger partial charge in [0.15, 0.2) is 17.3 Å². The van der Waals surface area contributed by atoms with E-state index in [1.54, 1.807) is 26.4 Å². The van der Waals surface area contributed by atoms with Crippen LogP contribution in [0.2, 0.25) is 0 Å². The summed E-state index contributed by atoms with van der Waals surface area (Å²) in [6, 6.07) is 3.50. The first-order valence-corrected chi connectivity index (χ1v) is 7.32. The van der Waals surface area contributed by atoms with Gasteiger partial charge in [-0.05, 0) is 28.1 Å². The highest BCUT2D eigenvalue weighted by Gasteiger charge is 2.19. The molecule has 110 valence electrons. The van der Waals surface area contributed by atoms with Crippen LogP contribution in [0.25, 0.3) is 0 Å². The van der Waals surface area contributed by atoms with E-state index in [-0.39, 0.29) is 5.78 Å². The average Bonchev–Trinajstić information content (AvgIpc) is 2.47. The highest BCUT2D eigenvalue weighted by Crippen LogP contribution is 2.33. The van der Waals surface area contributed by atoms with E-state index in [1.807, 2.05) is 0 Å². The standard InChI is InChI=1S/C14H19BrN2O3/c1-19-13-7-10(11(15)8-14(13)20-2)12(18)9-17-5-3-16-4-6-17/h7-8,16H,3-6,9H2,1-2H3. The minimum atomic E-state index is 0.0831. The van der Waals surface area contributed by atoms with Gasteiger partial charge in [0.25, 0.3) is 0 Å². The van der Waals surface area contributed by atoms with Gasteiger partial charge in [-0.25, -0.2) is 0 Å². The molecule has 0 bridgehead atoms. The van der Waals surface area contributed by atoms with Crippen LogP contribution >= 0.6 is 15.9 Å². The first kappa shape index (κ1) is 15.3. The Balaban J connectivity index is 2.16. The van der Waals surface area contributed by atoms with Gasteiger partial charge in [0.2, 0.25) is 0 Å². The number of carbonyl (C=O) groups is 1. The van der Waals surface area contributed by atoms with Gasteiger partial charge >= 0.3 is 0 Å². The Hall–Kier alpha value is -1.11. The van der Waals surface area contributed by atoms with E-state index in [2.05, 4.69) is 26.1 Å². The van der Waals surface area contributed by atoms with Crippen molar-refractivity contribution >= 4 is 21.7 Å². The highest BCUT2D eigenvalue weighted by molar-refractivity contribution is 9.10. The third kappa shape index (κ3) is 3.50. The van der Waals surface area contributed by atoms with Gasteiger partial charge < -0.3 is 14.8 Å². The molecule has 0 radical (unpaired) electrons. The Labute approximate surface area is 127 Å². The van der Waals surface area contributed by atoms with E-state index >= 15 is 0 Å². The molecule has 0 aliphatic carbocycles. The minimum Gasteiger partial charge on any atom is -0.493 e. The summed E-state index contributed by atoms with van der Waals surface area (Å²) in [7, 11) is 3.14. The lowest BCUT2D eigenvalue weighted by atomic mass is 10.1. The van der Waals surface area contributed by atoms with Crippen molar-refractivity contribution in [3.05, 3.63) is 22.2 Å². The van der Waals surface area contributed by atoms with Crippen LogP contribution in [0, 0.1) is 0 Å². The fourth-order valence-corrected chi connectivity index (χ4v) is 2.77. The molecule has 6 heteroatoms. The van der Waals surface area contributed by atoms with Gasteiger partial charge in [0.1, 0.15) is 0 Å². The van der Waals surface area contributed by atoms with Crippen molar-refractivity contribution in [2.75, 3.05) is 46.9 Å². The Bertz CT molecular complexity index is 488. The molecule has 2 rings (SSSR count). The van der Waals surface area contributed by atoms with Crippen molar-refractivity contribution in [3.8, 4) is 11.5 Å². The van der Waals surface area contributed by atoms with Crippen molar-refractivity contribution in [2.45, 2.75) is 0 Å². The second kappa shape index (κ2) is 7.06. The number of carbonyl (C=O) groups excluding carboxylic acids is 1. The number of halogens is 1. The van der Waals surface area contributed by atoms with Gasteiger partial charge in [0.05, 0.1) is 20.8 Å². The monoisotopic (exact) mass is 342 g/mol. The van der Waals surface area contributed by atoms with Crippen LogP contribution in [-0.2, 0) is 0 Å². The number of methoxy groups -OCH3 is 2. The zero-order valence-corrected chi connectivity index (χ0v) is 13.3. The fourth-order valence-electron chi connectivity index (χ4n) is 2.23. The maximum Gasteiger partial charge on any atom is 0.178 e. The molecule has 0 spiro atoms. The number of ketones is 1. The van der Waals surface area contributed by atoms with E-state index < -0.39 is 0 Å². The van der Waals surface area contributed by atoms with E-state index in [1.165, 1.54) is 0 Å². The SMILES string of the molecule is COc1cc(Br)c(C(=O)CN2CCNCC2)cc1OC. The van der Waals surface area contributed by atoms with Gasteiger partial charge in [-0.3, -0.25) is 9.69 Å². The number of piperazine rings is 1. The molecule has 1 fully saturated rings. The van der Waals surface area contributed by atoms with Crippen LogP contribution in [0.5, 0.6) is 11.5 Å². The summed E-state index contributed by atoms with van der Waals surface area (Å²) in [4.78, 5) is 14.6. The Morgan fingerprint density at radius 1 is 1.25 bits per heavy atom. The summed E-state index contributed by atoms with van der Waals surface area (Å²) in [6.07, 6.45) is 0. The van der Waals surface area contributed by atoms with E-state index in [0.717, 1.165) is 30.7 Å². The number of ether oxygens (including phenoxy) is 2. The second-order valence-corrected chi connectivity index (χ2v) is 5.49. The van der Waals surface area contributed by atoms with Crippen LogP contribution in [0.4, 0.5) is 0 Å². The predicted molar refractivity (Wildman–Crippen MR) is 80.9 cm³/mol. The number of Topliss-reactive ketones (excluding diaryl/α,β-unsaturated/α-hetero) is 1. The van der Waals surface area contributed by atoms with Crippen LogP contribution in [-0.4, -0.2) is 57.6 Å². The lowest BCUT2D eigenvalue weighted by Crippen LogP contribution is -2.45. The molecule has 1 aliphatic heterocycles. The average molecular weight is 343 g/mol. The molecule has 1 aromatic carbocycles. The van der Waals surface area contributed by atoms with Gasteiger partial charge in [-0.2, -0.15) is 0 Å². The van der Waals surface area contributed by atoms with E-state index in [0.29, 0.717) is 23.6 Å². The molecule has 1 N–H and O–H groups in total. The summed E-state index contributed by atoms with van der Waals surface area (Å²) in [5, 5.41) is 3.27. The Kier molecular flexibility index (Phi) is 5.39. The summed E-state index contributed by atoms with van der Waals surface area (Å²) >= 11 is 3.43. The maximum atomic E-state index is 12.4. The minimum absolute atomic E-state index is 0.0831. The molecule has 1 heterocycles. The van der Waals surface area contributed by atoms with Crippen molar-refractivity contribution in [1.29, 1.82) is 0 Å². The van der Waals surface area contributed by atoms with Gasteiger partial charge in [0, 0.05) is 36.2 Å². The van der Waals surface area contributed by atoms with E-state index in [9.17, 15) is 4.79 Å². The molecule has 20 heavy (non-hydrogen) atoms. The molecule has 5 nitrogen and oxygen atoms in total. The summed E-state index contributed by atoms with van der Waals surface area (Å²) in [5.74, 6) is 1.26.